The SMILES string of the molecule is Cc1ccc(NC(=O)CSc2nnnn2CCN)c(Br)c1. The number of nitrogens with zero attached hydrogens (tertiary/aromatic N) is 4. The van der Waals surface area contributed by atoms with Gasteiger partial charge in [-0.05, 0) is 51.0 Å². The fraction of sp³-hybridized carbons (Fsp3) is 0.333. The van der Waals surface area contributed by atoms with Gasteiger partial charge in [0.05, 0.1) is 18.0 Å². The number of amides is 1. The van der Waals surface area contributed by atoms with Crippen LogP contribution in [0, 0.1) is 6.92 Å². The molecule has 1 amide bonds. The largest absolute Gasteiger partial charge is 0.329 e. The lowest BCUT2D eigenvalue weighted by atomic mass is 10.2. The summed E-state index contributed by atoms with van der Waals surface area (Å²) in [6, 6.07) is 5.75. The monoisotopic (exact) mass is 370 g/mol. The highest BCUT2D eigenvalue weighted by molar-refractivity contribution is 9.10. The summed E-state index contributed by atoms with van der Waals surface area (Å²) in [5.74, 6) is 0.109. The van der Waals surface area contributed by atoms with E-state index in [4.69, 9.17) is 5.73 Å². The number of hydrogen-bond acceptors (Lipinski definition) is 6. The minimum atomic E-state index is -0.119. The summed E-state index contributed by atoms with van der Waals surface area (Å²) >= 11 is 4.70. The first kappa shape index (κ1) is 15.9. The number of aromatic nitrogens is 4. The van der Waals surface area contributed by atoms with Gasteiger partial charge in [-0.25, -0.2) is 4.68 Å². The molecule has 0 fully saturated rings. The summed E-state index contributed by atoms with van der Waals surface area (Å²) in [6.07, 6.45) is 0. The van der Waals surface area contributed by atoms with Gasteiger partial charge in [0, 0.05) is 11.0 Å². The molecule has 21 heavy (non-hydrogen) atoms. The Labute approximate surface area is 134 Å². The Hall–Kier alpha value is -1.45. The molecule has 3 N–H and O–H groups in total. The van der Waals surface area contributed by atoms with Crippen molar-refractivity contribution in [2.45, 2.75) is 18.6 Å². The van der Waals surface area contributed by atoms with E-state index in [9.17, 15) is 4.79 Å². The first-order valence-electron chi connectivity index (χ1n) is 6.25. The summed E-state index contributed by atoms with van der Waals surface area (Å²) in [5, 5.41) is 14.7. The van der Waals surface area contributed by atoms with Gasteiger partial charge in [-0.3, -0.25) is 4.79 Å². The topological polar surface area (TPSA) is 98.7 Å². The molecule has 2 rings (SSSR count). The Morgan fingerprint density at radius 1 is 1.52 bits per heavy atom. The van der Waals surface area contributed by atoms with Crippen LogP contribution in [0.4, 0.5) is 5.69 Å². The number of nitrogens with two attached hydrogens (primary N) is 1. The summed E-state index contributed by atoms with van der Waals surface area (Å²) < 4.78 is 2.44. The van der Waals surface area contributed by atoms with Crippen molar-refractivity contribution >= 4 is 39.3 Å². The molecule has 2 aromatic rings. The smallest absolute Gasteiger partial charge is 0.234 e. The molecule has 0 aliphatic heterocycles. The highest BCUT2D eigenvalue weighted by atomic mass is 79.9. The quantitative estimate of drug-likeness (QED) is 0.746. The van der Waals surface area contributed by atoms with Gasteiger partial charge in [0.15, 0.2) is 0 Å². The van der Waals surface area contributed by atoms with Gasteiger partial charge in [-0.15, -0.1) is 5.10 Å². The molecule has 1 aromatic heterocycles. The molecule has 0 aliphatic carbocycles. The molecule has 0 spiro atoms. The number of aryl methyl sites for hydroxylation is 1. The van der Waals surface area contributed by atoms with Gasteiger partial charge < -0.3 is 11.1 Å². The summed E-state index contributed by atoms with van der Waals surface area (Å²) in [4.78, 5) is 12.0. The van der Waals surface area contributed by atoms with E-state index >= 15 is 0 Å². The van der Waals surface area contributed by atoms with Gasteiger partial charge in [0.25, 0.3) is 0 Å². The van der Waals surface area contributed by atoms with Gasteiger partial charge >= 0.3 is 0 Å². The Balaban J connectivity index is 1.91. The second-order valence-electron chi connectivity index (χ2n) is 4.29. The maximum atomic E-state index is 12.0. The summed E-state index contributed by atoms with van der Waals surface area (Å²) in [6.45, 7) is 2.96. The number of tetrazole rings is 1. The van der Waals surface area contributed by atoms with Crippen LogP contribution in [0.3, 0.4) is 0 Å². The predicted octanol–water partition coefficient (Wildman–Crippen LogP) is 1.43. The molecule has 112 valence electrons. The second kappa shape index (κ2) is 7.53. The maximum Gasteiger partial charge on any atom is 0.234 e. The normalized spacial score (nSPS) is 10.6. The first-order chi connectivity index (χ1) is 10.1. The number of carbonyl (C=O) groups is 1. The Morgan fingerprint density at radius 3 is 3.05 bits per heavy atom. The van der Waals surface area contributed by atoms with Crippen LogP contribution in [0.2, 0.25) is 0 Å². The van der Waals surface area contributed by atoms with Crippen molar-refractivity contribution in [2.75, 3.05) is 17.6 Å². The number of thioether (sulfide) groups is 1. The number of rotatable bonds is 6. The number of halogens is 1. The Bertz CT molecular complexity index is 632. The van der Waals surface area contributed by atoms with E-state index in [2.05, 4.69) is 36.8 Å². The van der Waals surface area contributed by atoms with Gasteiger partial charge in [-0.1, -0.05) is 17.8 Å². The van der Waals surface area contributed by atoms with E-state index < -0.39 is 0 Å². The minimum absolute atomic E-state index is 0.119. The van der Waals surface area contributed by atoms with Crippen molar-refractivity contribution in [3.05, 3.63) is 28.2 Å². The van der Waals surface area contributed by atoms with Crippen LogP contribution in [0.1, 0.15) is 5.56 Å². The van der Waals surface area contributed by atoms with Crippen LogP contribution in [-0.4, -0.2) is 38.4 Å². The Morgan fingerprint density at radius 2 is 2.33 bits per heavy atom. The van der Waals surface area contributed by atoms with Gasteiger partial charge in [0.1, 0.15) is 0 Å². The highest BCUT2D eigenvalue weighted by Crippen LogP contribution is 2.23. The summed E-state index contributed by atoms with van der Waals surface area (Å²) in [7, 11) is 0. The molecule has 0 saturated heterocycles. The molecular formula is C12H15BrN6OS. The van der Waals surface area contributed by atoms with Crippen LogP contribution in [0.5, 0.6) is 0 Å². The van der Waals surface area contributed by atoms with E-state index in [1.807, 2.05) is 25.1 Å². The molecule has 1 heterocycles. The molecule has 9 heteroatoms. The van der Waals surface area contributed by atoms with Gasteiger partial charge in [-0.2, -0.15) is 0 Å². The van der Waals surface area contributed by atoms with Crippen LogP contribution < -0.4 is 11.1 Å². The van der Waals surface area contributed by atoms with E-state index in [1.165, 1.54) is 11.8 Å². The lowest BCUT2D eigenvalue weighted by Gasteiger charge is -2.08. The zero-order valence-corrected chi connectivity index (χ0v) is 13.8. The van der Waals surface area contributed by atoms with E-state index in [-0.39, 0.29) is 11.7 Å². The average Bonchev–Trinajstić information content (AvgIpc) is 2.88. The highest BCUT2D eigenvalue weighted by Gasteiger charge is 2.10. The fourth-order valence-corrected chi connectivity index (χ4v) is 2.90. The van der Waals surface area contributed by atoms with Crippen molar-refractivity contribution in [2.24, 2.45) is 5.73 Å². The molecule has 0 saturated carbocycles. The maximum absolute atomic E-state index is 12.0. The Kier molecular flexibility index (Phi) is 5.71. The van der Waals surface area contributed by atoms with Crippen molar-refractivity contribution in [1.82, 2.24) is 20.2 Å². The molecule has 0 bridgehead atoms. The number of anilines is 1. The standard InChI is InChI=1S/C12H15BrN6OS/c1-8-2-3-10(9(13)6-8)15-11(20)7-21-12-16-17-18-19(12)5-4-14/h2-3,6H,4-5,7,14H2,1H3,(H,15,20). The third kappa shape index (κ3) is 4.51. The number of benzene rings is 1. The average molecular weight is 371 g/mol. The zero-order valence-electron chi connectivity index (χ0n) is 11.4. The third-order valence-electron chi connectivity index (χ3n) is 2.57. The van der Waals surface area contributed by atoms with Crippen molar-refractivity contribution in [1.29, 1.82) is 0 Å². The van der Waals surface area contributed by atoms with Crippen molar-refractivity contribution < 1.29 is 4.79 Å². The minimum Gasteiger partial charge on any atom is -0.329 e. The van der Waals surface area contributed by atoms with Crippen LogP contribution in [-0.2, 0) is 11.3 Å². The van der Waals surface area contributed by atoms with E-state index in [0.29, 0.717) is 18.2 Å². The van der Waals surface area contributed by atoms with Crippen molar-refractivity contribution in [3.63, 3.8) is 0 Å². The molecular weight excluding hydrogens is 356 g/mol. The van der Waals surface area contributed by atoms with Crippen LogP contribution in [0.25, 0.3) is 0 Å². The lowest BCUT2D eigenvalue weighted by molar-refractivity contribution is -0.113. The van der Waals surface area contributed by atoms with E-state index in [0.717, 1.165) is 15.7 Å². The number of carbonyl (C=O) groups excluding carboxylic acids is 1. The number of hydrogen-bond donors (Lipinski definition) is 2. The molecule has 0 aliphatic rings. The number of nitrogens with one attached hydrogen (secondary N) is 1. The van der Waals surface area contributed by atoms with E-state index in [1.54, 1.807) is 4.68 Å². The molecule has 0 radical (unpaired) electrons. The zero-order chi connectivity index (χ0) is 15.2. The van der Waals surface area contributed by atoms with Crippen LogP contribution in [0.15, 0.2) is 27.8 Å². The predicted molar refractivity (Wildman–Crippen MR) is 85.1 cm³/mol. The molecule has 0 atom stereocenters. The summed E-state index contributed by atoms with van der Waals surface area (Å²) in [5.41, 5.74) is 7.33. The van der Waals surface area contributed by atoms with Crippen LogP contribution >= 0.6 is 27.7 Å². The second-order valence-corrected chi connectivity index (χ2v) is 6.09. The molecule has 1 aromatic carbocycles. The lowest BCUT2D eigenvalue weighted by Crippen LogP contribution is -2.16. The molecule has 7 nitrogen and oxygen atoms in total. The third-order valence-corrected chi connectivity index (χ3v) is 4.18. The molecule has 0 unspecified atom stereocenters. The van der Waals surface area contributed by atoms with Gasteiger partial charge in [0.2, 0.25) is 11.1 Å². The van der Waals surface area contributed by atoms with Crippen molar-refractivity contribution in [3.8, 4) is 0 Å². The fourth-order valence-electron chi connectivity index (χ4n) is 1.60. The first-order valence-corrected chi connectivity index (χ1v) is 8.03.